The molecule has 8 N–H and O–H groups in total. The highest BCUT2D eigenvalue weighted by molar-refractivity contribution is 7.89. The fourth-order valence-electron chi connectivity index (χ4n) is 8.00. The molecule has 0 aromatic heterocycles. The van der Waals surface area contributed by atoms with Crippen molar-refractivity contribution in [3.05, 3.63) is 154 Å². The van der Waals surface area contributed by atoms with Gasteiger partial charge in [-0.15, -0.1) is 0 Å². The summed E-state index contributed by atoms with van der Waals surface area (Å²) in [6, 6.07) is 28.7. The van der Waals surface area contributed by atoms with Crippen LogP contribution in [0.3, 0.4) is 0 Å². The molecule has 0 saturated carbocycles. The van der Waals surface area contributed by atoms with E-state index in [4.69, 9.17) is 16.5 Å². The van der Waals surface area contributed by atoms with Crippen LogP contribution >= 0.6 is 0 Å². The number of hydrogen-bond acceptors (Lipinski definition) is 9. The molecule has 1 aliphatic carbocycles. The van der Waals surface area contributed by atoms with Crippen molar-refractivity contribution >= 4 is 37.1 Å². The predicted octanol–water partition coefficient (Wildman–Crippen LogP) is 6.49. The van der Waals surface area contributed by atoms with Crippen LogP contribution in [-0.2, 0) is 39.8 Å². The summed E-state index contributed by atoms with van der Waals surface area (Å²) < 4.78 is 65.1. The van der Waals surface area contributed by atoms with Gasteiger partial charge in [0.15, 0.2) is 0 Å². The molecule has 0 spiro atoms. The number of anilines is 1. The Morgan fingerprint density at radius 3 is 2.19 bits per heavy atom. The van der Waals surface area contributed by atoms with Gasteiger partial charge in [0.25, 0.3) is 10.1 Å². The molecule has 0 unspecified atom stereocenters. The van der Waals surface area contributed by atoms with Crippen LogP contribution in [0, 0.1) is 0 Å². The minimum Gasteiger partial charge on any atom is -0.381 e. The second kappa shape index (κ2) is 17.0. The van der Waals surface area contributed by atoms with E-state index in [2.05, 4.69) is 43.1 Å². The molecular weight excluding hydrogens is 757 g/mol. The fourth-order valence-corrected chi connectivity index (χ4v) is 10.00. The first-order valence-corrected chi connectivity index (χ1v) is 21.9. The van der Waals surface area contributed by atoms with Crippen molar-refractivity contribution in [1.82, 2.24) is 10.0 Å². The van der Waals surface area contributed by atoms with Crippen LogP contribution in [0.15, 0.2) is 141 Å². The summed E-state index contributed by atoms with van der Waals surface area (Å²) in [5, 5.41) is 7.14. The highest BCUT2D eigenvalue weighted by atomic mass is 32.2. The number of aliphatic imine (C=N–C) groups is 1. The quantitative estimate of drug-likeness (QED) is 0.0821. The summed E-state index contributed by atoms with van der Waals surface area (Å²) in [4.78, 5) is 4.68. The molecule has 57 heavy (non-hydrogen) atoms. The van der Waals surface area contributed by atoms with Gasteiger partial charge < -0.3 is 22.1 Å². The van der Waals surface area contributed by atoms with Crippen LogP contribution in [0.5, 0.6) is 0 Å². The Bertz CT molecular complexity index is 2460. The van der Waals surface area contributed by atoms with Crippen LogP contribution in [0.2, 0.25) is 0 Å². The summed E-state index contributed by atoms with van der Waals surface area (Å²) in [5.74, 6) is 0. The second-order valence-electron chi connectivity index (χ2n) is 15.9. The van der Waals surface area contributed by atoms with Gasteiger partial charge in [-0.3, -0.25) is 9.55 Å². The lowest BCUT2D eigenvalue weighted by Crippen LogP contribution is -2.62. The topological polar surface area (TPSA) is 189 Å². The summed E-state index contributed by atoms with van der Waals surface area (Å²) in [5.41, 5.74) is 19.6. The zero-order chi connectivity index (χ0) is 41.0. The lowest BCUT2D eigenvalue weighted by Gasteiger charge is -2.46. The predicted molar refractivity (Wildman–Crippen MR) is 229 cm³/mol. The number of nitrogens with zero attached hydrogens (tertiary/aromatic N) is 1. The van der Waals surface area contributed by atoms with Gasteiger partial charge in [-0.25, -0.2) is 13.1 Å². The van der Waals surface area contributed by atoms with E-state index in [0.717, 1.165) is 28.0 Å². The van der Waals surface area contributed by atoms with Gasteiger partial charge in [0, 0.05) is 48.0 Å². The molecule has 13 heteroatoms. The first-order valence-electron chi connectivity index (χ1n) is 18.9. The number of rotatable bonds is 13. The molecule has 4 aromatic rings. The van der Waals surface area contributed by atoms with E-state index in [1.54, 1.807) is 24.3 Å². The Morgan fingerprint density at radius 2 is 1.51 bits per heavy atom. The summed E-state index contributed by atoms with van der Waals surface area (Å²) in [6.07, 6.45) is 6.88. The lowest BCUT2D eigenvalue weighted by atomic mass is 9.80. The van der Waals surface area contributed by atoms with Gasteiger partial charge in [0.1, 0.15) is 0 Å². The Morgan fingerprint density at radius 1 is 0.825 bits per heavy atom. The van der Waals surface area contributed by atoms with Crippen LogP contribution in [-0.4, -0.2) is 50.8 Å². The molecular formula is C44H52N6O5S2. The molecule has 0 amide bonds. The minimum absolute atomic E-state index is 0.129. The van der Waals surface area contributed by atoms with E-state index in [1.165, 1.54) is 12.1 Å². The van der Waals surface area contributed by atoms with Crippen molar-refractivity contribution in [2.75, 3.05) is 11.9 Å². The number of nitrogens with two attached hydrogens (primary N) is 2. The van der Waals surface area contributed by atoms with E-state index < -0.39 is 20.1 Å². The summed E-state index contributed by atoms with van der Waals surface area (Å²) in [6.45, 7) is 9.46. The van der Waals surface area contributed by atoms with Gasteiger partial charge in [-0.05, 0) is 122 Å². The molecule has 300 valence electrons. The van der Waals surface area contributed by atoms with Gasteiger partial charge in [0.05, 0.1) is 22.0 Å². The Balaban J connectivity index is 1.44. The minimum atomic E-state index is -4.37. The molecule has 1 fully saturated rings. The third-order valence-electron chi connectivity index (χ3n) is 10.1. The Hall–Kier alpha value is -4.73. The number of hydrogen-bond donors (Lipinski definition) is 6. The van der Waals surface area contributed by atoms with Crippen LogP contribution < -0.4 is 26.8 Å². The fraction of sp³-hybridized carbons (Fsp3) is 0.295. The monoisotopic (exact) mass is 808 g/mol. The Kier molecular flexibility index (Phi) is 12.5. The van der Waals surface area contributed by atoms with Crippen molar-refractivity contribution in [3.8, 4) is 0 Å². The van der Waals surface area contributed by atoms with Crippen LogP contribution in [0.4, 0.5) is 5.69 Å². The SMILES string of the molecule is CC1(C)CC(NS(=O)(=O)c2ccccc2C(=C2C=CC(=NCc3cccc(S(=O)(=O)O)c3)C(CN)=C2)c2ccc(NCc3ccccc3)c(CN)c2)CC(C)(C)N1. The van der Waals surface area contributed by atoms with Gasteiger partial charge in [0.2, 0.25) is 10.0 Å². The molecule has 1 aliphatic heterocycles. The van der Waals surface area contributed by atoms with Crippen molar-refractivity contribution in [1.29, 1.82) is 0 Å². The number of allylic oxidation sites excluding steroid dienone is 4. The largest absolute Gasteiger partial charge is 0.381 e. The van der Waals surface area contributed by atoms with E-state index in [-0.39, 0.29) is 46.5 Å². The number of benzene rings is 4. The molecule has 1 saturated heterocycles. The summed E-state index contributed by atoms with van der Waals surface area (Å²) in [7, 11) is -8.40. The van der Waals surface area contributed by atoms with Crippen molar-refractivity contribution < 1.29 is 21.4 Å². The third kappa shape index (κ3) is 10.4. The molecule has 6 rings (SSSR count). The standard InChI is InChI=1S/C44H52N6O5S2/c1-43(2)24-36(25-44(3,4)50-43)49-56(51,52)41-16-9-8-15-38(41)42(32-17-19-39(34(22-32)26-45)47-28-30-11-6-5-7-12-30)33-18-20-40(35(23-33)27-46)48-29-31-13-10-14-37(21-31)57(53,54)55/h5-23,36,47,49-50H,24-29,45-46H2,1-4H3,(H,53,54,55). The molecule has 0 atom stereocenters. The van der Waals surface area contributed by atoms with Gasteiger partial charge in [-0.1, -0.05) is 72.8 Å². The molecule has 2 aliphatic rings. The molecule has 0 bridgehead atoms. The number of piperidine rings is 1. The zero-order valence-corrected chi connectivity index (χ0v) is 34.4. The van der Waals surface area contributed by atoms with Crippen molar-refractivity contribution in [2.24, 2.45) is 16.5 Å². The molecule has 11 nitrogen and oxygen atoms in total. The maximum absolute atomic E-state index is 14.5. The molecule has 0 radical (unpaired) electrons. The van der Waals surface area contributed by atoms with Gasteiger partial charge >= 0.3 is 0 Å². The second-order valence-corrected chi connectivity index (χ2v) is 19.0. The van der Waals surface area contributed by atoms with Crippen LogP contribution in [0.25, 0.3) is 5.57 Å². The first-order chi connectivity index (χ1) is 27.0. The highest BCUT2D eigenvalue weighted by Gasteiger charge is 2.39. The van der Waals surface area contributed by atoms with Gasteiger partial charge in [-0.2, -0.15) is 8.42 Å². The molecule has 4 aromatic carbocycles. The smallest absolute Gasteiger partial charge is 0.294 e. The van der Waals surface area contributed by atoms with Crippen LogP contribution in [0.1, 0.15) is 68.4 Å². The van der Waals surface area contributed by atoms with E-state index in [1.807, 2.05) is 78.9 Å². The molecule has 1 heterocycles. The summed E-state index contributed by atoms with van der Waals surface area (Å²) >= 11 is 0. The Labute approximate surface area is 336 Å². The van der Waals surface area contributed by atoms with Crippen molar-refractivity contribution in [2.45, 2.75) is 87.1 Å². The van der Waals surface area contributed by atoms with E-state index in [0.29, 0.717) is 47.4 Å². The zero-order valence-electron chi connectivity index (χ0n) is 32.8. The third-order valence-corrected chi connectivity index (χ3v) is 12.5. The average Bonchev–Trinajstić information content (AvgIpc) is 3.15. The lowest BCUT2D eigenvalue weighted by molar-refractivity contribution is 0.157. The highest BCUT2D eigenvalue weighted by Crippen LogP contribution is 2.37. The first kappa shape index (κ1) is 41.9. The number of nitrogens with one attached hydrogen (secondary N) is 3. The van der Waals surface area contributed by atoms with E-state index in [9.17, 15) is 21.4 Å². The maximum atomic E-state index is 14.5. The average molecular weight is 809 g/mol. The maximum Gasteiger partial charge on any atom is 0.294 e. The van der Waals surface area contributed by atoms with Crippen molar-refractivity contribution in [3.63, 3.8) is 0 Å². The number of sulfonamides is 1. The van der Waals surface area contributed by atoms with E-state index >= 15 is 0 Å². The normalized spacial score (nSPS) is 18.6.